The van der Waals surface area contributed by atoms with Crippen molar-refractivity contribution in [2.45, 2.75) is 45.5 Å². The molecule has 0 radical (unpaired) electrons. The Kier molecular flexibility index (Phi) is 3.16. The van der Waals surface area contributed by atoms with Crippen molar-refractivity contribution in [3.8, 4) is 0 Å². The summed E-state index contributed by atoms with van der Waals surface area (Å²) in [6.07, 6.45) is 3.67. The lowest BCUT2D eigenvalue weighted by Crippen LogP contribution is -2.18. The van der Waals surface area contributed by atoms with Crippen LogP contribution in [0.1, 0.15) is 33.1 Å². The van der Waals surface area contributed by atoms with E-state index in [1.807, 2.05) is 0 Å². The van der Waals surface area contributed by atoms with Gasteiger partial charge < -0.3 is 9.47 Å². The number of rotatable bonds is 1. The van der Waals surface area contributed by atoms with Crippen molar-refractivity contribution in [2.24, 2.45) is 0 Å². The van der Waals surface area contributed by atoms with Gasteiger partial charge in [-0.3, -0.25) is 0 Å². The summed E-state index contributed by atoms with van der Waals surface area (Å²) in [6, 6.07) is 0. The summed E-state index contributed by atoms with van der Waals surface area (Å²) < 4.78 is 10.9. The van der Waals surface area contributed by atoms with Crippen LogP contribution in [0.5, 0.6) is 0 Å². The van der Waals surface area contributed by atoms with Crippen LogP contribution in [0.15, 0.2) is 0 Å². The topological polar surface area (TPSA) is 18.5 Å². The molecule has 1 aliphatic rings. The second kappa shape index (κ2) is 3.94. The van der Waals surface area contributed by atoms with Gasteiger partial charge in [-0.2, -0.15) is 0 Å². The zero-order chi connectivity index (χ0) is 7.40. The van der Waals surface area contributed by atoms with Crippen LogP contribution in [0.25, 0.3) is 0 Å². The lowest BCUT2D eigenvalue weighted by Gasteiger charge is -2.16. The Hall–Kier alpha value is -0.0800. The molecule has 60 valence electrons. The third-order valence-electron chi connectivity index (χ3n) is 1.78. The first-order chi connectivity index (χ1) is 4.83. The molecule has 0 aromatic heterocycles. The summed E-state index contributed by atoms with van der Waals surface area (Å²) >= 11 is 0. The third kappa shape index (κ3) is 2.27. The zero-order valence-electron chi connectivity index (χ0n) is 6.80. The second-order valence-corrected chi connectivity index (χ2v) is 2.80. The van der Waals surface area contributed by atoms with E-state index in [1.165, 1.54) is 0 Å². The quantitative estimate of drug-likeness (QED) is 0.560. The summed E-state index contributed by atoms with van der Waals surface area (Å²) in [7, 11) is 0. The van der Waals surface area contributed by atoms with Gasteiger partial charge >= 0.3 is 0 Å². The molecular weight excluding hydrogens is 128 g/mol. The van der Waals surface area contributed by atoms with Crippen molar-refractivity contribution >= 4 is 0 Å². The van der Waals surface area contributed by atoms with Gasteiger partial charge in [-0.15, -0.1) is 0 Å². The number of hydrogen-bond donors (Lipinski definition) is 0. The molecule has 1 heterocycles. The lowest BCUT2D eigenvalue weighted by atomic mass is 10.2. The van der Waals surface area contributed by atoms with Crippen molar-refractivity contribution in [2.75, 3.05) is 6.61 Å². The number of ether oxygens (including phenoxy) is 2. The van der Waals surface area contributed by atoms with Gasteiger partial charge in [0.2, 0.25) is 0 Å². The van der Waals surface area contributed by atoms with Gasteiger partial charge in [0, 0.05) is 6.61 Å². The molecule has 0 N–H and O–H groups in total. The van der Waals surface area contributed by atoms with Crippen molar-refractivity contribution in [3.05, 3.63) is 0 Å². The minimum absolute atomic E-state index is 0.0532. The SMILES string of the molecule is CCC1OCCCC(C)O1. The Bertz CT molecular complexity index is 93.3. The second-order valence-electron chi connectivity index (χ2n) is 2.80. The molecule has 1 aliphatic heterocycles. The summed E-state index contributed by atoms with van der Waals surface area (Å²) in [6.45, 7) is 5.06. The Morgan fingerprint density at radius 2 is 2.30 bits per heavy atom. The van der Waals surface area contributed by atoms with Crippen molar-refractivity contribution in [1.82, 2.24) is 0 Å². The van der Waals surface area contributed by atoms with Crippen LogP contribution in [-0.4, -0.2) is 19.0 Å². The molecule has 1 saturated heterocycles. The molecule has 1 rings (SSSR count). The summed E-state index contributed by atoms with van der Waals surface area (Å²) in [4.78, 5) is 0. The van der Waals surface area contributed by atoms with Crippen LogP contribution in [0.4, 0.5) is 0 Å². The fourth-order valence-electron chi connectivity index (χ4n) is 1.17. The van der Waals surface area contributed by atoms with Gasteiger partial charge in [0.25, 0.3) is 0 Å². The van der Waals surface area contributed by atoms with Crippen molar-refractivity contribution in [3.63, 3.8) is 0 Å². The highest BCUT2D eigenvalue weighted by Gasteiger charge is 2.15. The van der Waals surface area contributed by atoms with Gasteiger partial charge in [0.05, 0.1) is 6.10 Å². The van der Waals surface area contributed by atoms with Crippen LogP contribution < -0.4 is 0 Å². The standard InChI is InChI=1S/C8H16O2/c1-3-8-9-6-4-5-7(2)10-8/h7-8H,3-6H2,1-2H3. The van der Waals surface area contributed by atoms with Gasteiger partial charge in [0.15, 0.2) is 6.29 Å². The molecular formula is C8H16O2. The molecule has 0 bridgehead atoms. The minimum atomic E-state index is 0.0532. The molecule has 0 aromatic rings. The molecule has 2 nitrogen and oxygen atoms in total. The molecule has 10 heavy (non-hydrogen) atoms. The van der Waals surface area contributed by atoms with E-state index in [0.717, 1.165) is 25.9 Å². The van der Waals surface area contributed by atoms with E-state index in [4.69, 9.17) is 9.47 Å². The first kappa shape index (κ1) is 8.02. The fraction of sp³-hybridized carbons (Fsp3) is 1.00. The molecule has 0 saturated carbocycles. The van der Waals surface area contributed by atoms with Crippen LogP contribution in [0.3, 0.4) is 0 Å². The molecule has 0 amide bonds. The third-order valence-corrected chi connectivity index (χ3v) is 1.78. The monoisotopic (exact) mass is 144 g/mol. The highest BCUT2D eigenvalue weighted by molar-refractivity contribution is 4.56. The van der Waals surface area contributed by atoms with Crippen molar-refractivity contribution < 1.29 is 9.47 Å². The molecule has 0 spiro atoms. The fourth-order valence-corrected chi connectivity index (χ4v) is 1.17. The first-order valence-corrected chi connectivity index (χ1v) is 4.10. The molecule has 1 fully saturated rings. The zero-order valence-corrected chi connectivity index (χ0v) is 6.80. The minimum Gasteiger partial charge on any atom is -0.353 e. The smallest absolute Gasteiger partial charge is 0.157 e. The van der Waals surface area contributed by atoms with Crippen LogP contribution in [0.2, 0.25) is 0 Å². The van der Waals surface area contributed by atoms with Gasteiger partial charge in [-0.25, -0.2) is 0 Å². The van der Waals surface area contributed by atoms with Gasteiger partial charge in [-0.05, 0) is 26.2 Å². The summed E-state index contributed by atoms with van der Waals surface area (Å²) in [5.74, 6) is 0. The first-order valence-electron chi connectivity index (χ1n) is 4.10. The molecule has 2 atom stereocenters. The van der Waals surface area contributed by atoms with E-state index >= 15 is 0 Å². The molecule has 0 aliphatic carbocycles. The molecule has 2 heteroatoms. The Morgan fingerprint density at radius 3 is 3.00 bits per heavy atom. The molecule has 2 unspecified atom stereocenters. The van der Waals surface area contributed by atoms with E-state index in [1.54, 1.807) is 0 Å². The van der Waals surface area contributed by atoms with E-state index in [0.29, 0.717) is 6.10 Å². The van der Waals surface area contributed by atoms with Crippen LogP contribution in [0, 0.1) is 0 Å². The highest BCUT2D eigenvalue weighted by atomic mass is 16.7. The van der Waals surface area contributed by atoms with E-state index < -0.39 is 0 Å². The van der Waals surface area contributed by atoms with E-state index in [2.05, 4.69) is 13.8 Å². The normalized spacial score (nSPS) is 35.4. The maximum atomic E-state index is 5.54. The van der Waals surface area contributed by atoms with Gasteiger partial charge in [-0.1, -0.05) is 6.92 Å². The average molecular weight is 144 g/mol. The molecule has 0 aromatic carbocycles. The Labute approximate surface area is 62.5 Å². The van der Waals surface area contributed by atoms with E-state index in [-0.39, 0.29) is 6.29 Å². The highest BCUT2D eigenvalue weighted by Crippen LogP contribution is 2.13. The lowest BCUT2D eigenvalue weighted by molar-refractivity contribution is -0.149. The maximum absolute atomic E-state index is 5.54. The van der Waals surface area contributed by atoms with Crippen molar-refractivity contribution in [1.29, 1.82) is 0 Å². The Morgan fingerprint density at radius 1 is 1.50 bits per heavy atom. The van der Waals surface area contributed by atoms with E-state index in [9.17, 15) is 0 Å². The largest absolute Gasteiger partial charge is 0.353 e. The predicted octanol–water partition coefficient (Wildman–Crippen LogP) is 1.94. The Balaban J connectivity index is 2.30. The maximum Gasteiger partial charge on any atom is 0.157 e. The van der Waals surface area contributed by atoms with Crippen LogP contribution >= 0.6 is 0 Å². The van der Waals surface area contributed by atoms with Crippen LogP contribution in [-0.2, 0) is 9.47 Å². The predicted molar refractivity (Wildman–Crippen MR) is 39.8 cm³/mol. The summed E-state index contributed by atoms with van der Waals surface area (Å²) in [5.41, 5.74) is 0. The summed E-state index contributed by atoms with van der Waals surface area (Å²) in [5, 5.41) is 0. The number of hydrogen-bond acceptors (Lipinski definition) is 2. The average Bonchev–Trinajstić information content (AvgIpc) is 2.13. The van der Waals surface area contributed by atoms with Gasteiger partial charge in [0.1, 0.15) is 0 Å².